The normalized spacial score (nSPS) is 13.1. The standard InChI is InChI=1S/C12H25N3O3/c1-15(2,3)8-6-4-5-7-11(16)14-9-10(13)12(17)18/h10H,4-9,13H2,1-3H3,(H-,14,16,17,18)/p+1. The minimum atomic E-state index is -1.10. The average molecular weight is 260 g/mol. The molecule has 0 aliphatic rings. The number of hydrogen-bond donors (Lipinski definition) is 3. The van der Waals surface area contributed by atoms with E-state index >= 15 is 0 Å². The first kappa shape index (κ1) is 16.9. The van der Waals surface area contributed by atoms with E-state index in [2.05, 4.69) is 26.5 Å². The Morgan fingerprint density at radius 3 is 2.33 bits per heavy atom. The third-order valence-electron chi connectivity index (χ3n) is 2.57. The van der Waals surface area contributed by atoms with Crippen LogP contribution in [0.5, 0.6) is 0 Å². The molecule has 1 amide bonds. The second-order valence-electron chi connectivity index (χ2n) is 5.57. The number of nitrogens with zero attached hydrogens (tertiary/aromatic N) is 1. The summed E-state index contributed by atoms with van der Waals surface area (Å²) in [6.07, 6.45) is 3.36. The van der Waals surface area contributed by atoms with Crippen molar-refractivity contribution in [2.45, 2.75) is 31.7 Å². The lowest BCUT2D eigenvalue weighted by atomic mass is 10.1. The van der Waals surface area contributed by atoms with Crippen molar-refractivity contribution in [1.29, 1.82) is 0 Å². The highest BCUT2D eigenvalue weighted by molar-refractivity contribution is 5.78. The smallest absolute Gasteiger partial charge is 0.322 e. The Hall–Kier alpha value is -1.14. The van der Waals surface area contributed by atoms with Gasteiger partial charge in [-0.1, -0.05) is 0 Å². The summed E-state index contributed by atoms with van der Waals surface area (Å²) >= 11 is 0. The summed E-state index contributed by atoms with van der Waals surface area (Å²) in [6.45, 7) is 1.08. The summed E-state index contributed by atoms with van der Waals surface area (Å²) in [7, 11) is 6.42. The van der Waals surface area contributed by atoms with Gasteiger partial charge >= 0.3 is 5.97 Å². The number of carboxylic acid groups (broad SMARTS) is 1. The van der Waals surface area contributed by atoms with Gasteiger partial charge in [-0.3, -0.25) is 9.59 Å². The van der Waals surface area contributed by atoms with Gasteiger partial charge in [0.2, 0.25) is 5.91 Å². The quantitative estimate of drug-likeness (QED) is 0.395. The largest absolute Gasteiger partial charge is 0.480 e. The number of carbonyl (C=O) groups excluding carboxylic acids is 1. The monoisotopic (exact) mass is 260 g/mol. The van der Waals surface area contributed by atoms with Crippen LogP contribution in [0.1, 0.15) is 25.7 Å². The molecule has 0 heterocycles. The van der Waals surface area contributed by atoms with Crippen LogP contribution < -0.4 is 11.1 Å². The lowest BCUT2D eigenvalue weighted by molar-refractivity contribution is -0.870. The maximum absolute atomic E-state index is 11.4. The van der Waals surface area contributed by atoms with Crippen LogP contribution in [0.25, 0.3) is 0 Å². The zero-order chi connectivity index (χ0) is 14.2. The third-order valence-corrected chi connectivity index (χ3v) is 2.57. The molecule has 6 heteroatoms. The molecule has 0 rings (SSSR count). The number of unbranched alkanes of at least 4 members (excludes halogenated alkanes) is 2. The molecule has 0 aromatic heterocycles. The maximum Gasteiger partial charge on any atom is 0.322 e. The van der Waals surface area contributed by atoms with Crippen LogP contribution in [-0.4, -0.2) is 61.7 Å². The highest BCUT2D eigenvalue weighted by Gasteiger charge is 2.12. The van der Waals surface area contributed by atoms with E-state index in [-0.39, 0.29) is 12.5 Å². The van der Waals surface area contributed by atoms with Gasteiger partial charge in [-0.15, -0.1) is 0 Å². The Balaban J connectivity index is 3.52. The summed E-state index contributed by atoms with van der Waals surface area (Å²) in [5.41, 5.74) is 5.27. The number of nitrogens with two attached hydrogens (primary N) is 1. The van der Waals surface area contributed by atoms with Crippen molar-refractivity contribution in [3.05, 3.63) is 0 Å². The number of aliphatic carboxylic acids is 1. The second-order valence-corrected chi connectivity index (χ2v) is 5.57. The van der Waals surface area contributed by atoms with Gasteiger partial charge < -0.3 is 20.6 Å². The van der Waals surface area contributed by atoms with Crippen LogP contribution in [-0.2, 0) is 9.59 Å². The molecule has 0 fully saturated rings. The minimum Gasteiger partial charge on any atom is -0.480 e. The fraction of sp³-hybridized carbons (Fsp3) is 0.833. The van der Waals surface area contributed by atoms with E-state index in [1.165, 1.54) is 0 Å². The van der Waals surface area contributed by atoms with Crippen molar-refractivity contribution < 1.29 is 19.2 Å². The lowest BCUT2D eigenvalue weighted by Gasteiger charge is -2.23. The summed E-state index contributed by atoms with van der Waals surface area (Å²) < 4.78 is 0.930. The summed E-state index contributed by atoms with van der Waals surface area (Å²) in [4.78, 5) is 21.8. The van der Waals surface area contributed by atoms with Crippen LogP contribution in [0.3, 0.4) is 0 Å². The first-order chi connectivity index (χ1) is 8.22. The number of quaternary nitrogens is 1. The van der Waals surface area contributed by atoms with E-state index in [0.717, 1.165) is 30.3 Å². The van der Waals surface area contributed by atoms with E-state index in [0.29, 0.717) is 6.42 Å². The maximum atomic E-state index is 11.4. The van der Waals surface area contributed by atoms with Crippen molar-refractivity contribution in [2.24, 2.45) is 5.73 Å². The van der Waals surface area contributed by atoms with Gasteiger partial charge in [0.1, 0.15) is 6.04 Å². The second kappa shape index (κ2) is 8.05. The Morgan fingerprint density at radius 2 is 1.83 bits per heavy atom. The molecule has 6 nitrogen and oxygen atoms in total. The van der Waals surface area contributed by atoms with E-state index < -0.39 is 12.0 Å². The van der Waals surface area contributed by atoms with E-state index in [9.17, 15) is 9.59 Å². The first-order valence-corrected chi connectivity index (χ1v) is 6.28. The Labute approximate surface area is 109 Å². The number of rotatable bonds is 9. The number of carbonyl (C=O) groups is 2. The minimum absolute atomic E-state index is 0.00690. The zero-order valence-electron chi connectivity index (χ0n) is 11.6. The zero-order valence-corrected chi connectivity index (χ0v) is 11.6. The fourth-order valence-corrected chi connectivity index (χ4v) is 1.45. The summed E-state index contributed by atoms with van der Waals surface area (Å²) in [6, 6.07) is -1.02. The highest BCUT2D eigenvalue weighted by Crippen LogP contribution is 2.03. The van der Waals surface area contributed by atoms with Crippen LogP contribution in [0.4, 0.5) is 0 Å². The Bertz CT molecular complexity index is 274. The molecule has 1 unspecified atom stereocenters. The van der Waals surface area contributed by atoms with Crippen LogP contribution in [0.15, 0.2) is 0 Å². The predicted octanol–water partition coefficient (Wildman–Crippen LogP) is -0.219. The lowest BCUT2D eigenvalue weighted by Crippen LogP contribution is -2.42. The molecule has 0 bridgehead atoms. The Morgan fingerprint density at radius 1 is 1.22 bits per heavy atom. The SMILES string of the molecule is C[N+](C)(C)CCCCCC(=O)NCC(N)C(=O)O. The molecule has 0 aliphatic heterocycles. The van der Waals surface area contributed by atoms with Gasteiger partial charge in [0.15, 0.2) is 0 Å². The molecule has 0 saturated carbocycles. The molecule has 0 saturated heterocycles. The molecule has 0 aromatic carbocycles. The van der Waals surface area contributed by atoms with Gasteiger partial charge in [-0.25, -0.2) is 0 Å². The molecule has 0 spiro atoms. The molecule has 1 atom stereocenters. The number of nitrogens with one attached hydrogen (secondary N) is 1. The predicted molar refractivity (Wildman–Crippen MR) is 70.0 cm³/mol. The molecule has 4 N–H and O–H groups in total. The van der Waals surface area contributed by atoms with Gasteiger partial charge in [-0.05, 0) is 19.3 Å². The van der Waals surface area contributed by atoms with E-state index in [1.54, 1.807) is 0 Å². The Kier molecular flexibility index (Phi) is 7.54. The van der Waals surface area contributed by atoms with Gasteiger partial charge in [-0.2, -0.15) is 0 Å². The molecule has 106 valence electrons. The molecule has 18 heavy (non-hydrogen) atoms. The third kappa shape index (κ3) is 10.0. The van der Waals surface area contributed by atoms with Crippen LogP contribution in [0.2, 0.25) is 0 Å². The van der Waals surface area contributed by atoms with Gasteiger partial charge in [0.05, 0.1) is 27.7 Å². The van der Waals surface area contributed by atoms with Crippen LogP contribution >= 0.6 is 0 Å². The average Bonchev–Trinajstić information content (AvgIpc) is 2.23. The van der Waals surface area contributed by atoms with Crippen molar-refractivity contribution >= 4 is 11.9 Å². The summed E-state index contributed by atoms with van der Waals surface area (Å²) in [5.74, 6) is -1.23. The fourth-order valence-electron chi connectivity index (χ4n) is 1.45. The molecule has 0 aliphatic carbocycles. The van der Waals surface area contributed by atoms with E-state index in [1.807, 2.05) is 0 Å². The number of amides is 1. The molecule has 0 radical (unpaired) electrons. The number of hydrogen-bond acceptors (Lipinski definition) is 3. The van der Waals surface area contributed by atoms with Gasteiger partial charge in [0.25, 0.3) is 0 Å². The van der Waals surface area contributed by atoms with Crippen LogP contribution in [0, 0.1) is 0 Å². The highest BCUT2D eigenvalue weighted by atomic mass is 16.4. The number of carboxylic acids is 1. The topological polar surface area (TPSA) is 92.4 Å². The van der Waals surface area contributed by atoms with E-state index in [4.69, 9.17) is 10.8 Å². The first-order valence-electron chi connectivity index (χ1n) is 6.28. The van der Waals surface area contributed by atoms with Crippen molar-refractivity contribution in [2.75, 3.05) is 34.2 Å². The van der Waals surface area contributed by atoms with Crippen molar-refractivity contribution in [1.82, 2.24) is 5.32 Å². The molecular formula is C12H26N3O3+. The van der Waals surface area contributed by atoms with Crippen molar-refractivity contribution in [3.63, 3.8) is 0 Å². The van der Waals surface area contributed by atoms with Gasteiger partial charge in [0, 0.05) is 13.0 Å². The molecule has 0 aromatic rings. The summed E-state index contributed by atoms with van der Waals surface area (Å²) in [5, 5.41) is 11.1. The van der Waals surface area contributed by atoms with Crippen molar-refractivity contribution in [3.8, 4) is 0 Å². The molecular weight excluding hydrogens is 234 g/mol.